The fraction of sp³-hybridized carbons (Fsp3) is 0. The molecule has 2 aromatic rings. The molecule has 1 aromatic heterocycles. The summed E-state index contributed by atoms with van der Waals surface area (Å²) in [4.78, 5) is 14.4. The highest BCUT2D eigenvalue weighted by molar-refractivity contribution is 5.93. The summed E-state index contributed by atoms with van der Waals surface area (Å²) in [6, 6.07) is 6.28. The molecule has 0 spiro atoms. The van der Waals surface area contributed by atoms with Gasteiger partial charge in [-0.25, -0.2) is 18.6 Å². The van der Waals surface area contributed by atoms with Crippen LogP contribution in [0.1, 0.15) is 10.5 Å². The number of pyridine rings is 1. The molecule has 0 radical (unpaired) electrons. The van der Waals surface area contributed by atoms with Gasteiger partial charge in [0, 0.05) is 5.56 Å². The average Bonchev–Trinajstić information content (AvgIpc) is 2.28. The quantitative estimate of drug-likeness (QED) is 0.870. The van der Waals surface area contributed by atoms with Crippen LogP contribution >= 0.6 is 0 Å². The maximum atomic E-state index is 13.0. The lowest BCUT2D eigenvalue weighted by atomic mass is 10.0. The molecule has 0 unspecified atom stereocenters. The fourth-order valence-electron chi connectivity index (χ4n) is 1.49. The molecular formula is C12H7F2NO2. The van der Waals surface area contributed by atoms with Crippen molar-refractivity contribution in [1.29, 1.82) is 0 Å². The molecule has 0 saturated carbocycles. The van der Waals surface area contributed by atoms with Crippen LogP contribution < -0.4 is 0 Å². The molecule has 0 atom stereocenters. The second-order valence-electron chi connectivity index (χ2n) is 3.37. The van der Waals surface area contributed by atoms with Gasteiger partial charge in [0.25, 0.3) is 0 Å². The number of aromatic nitrogens is 1. The Balaban J connectivity index is 2.65. The van der Waals surface area contributed by atoms with Crippen molar-refractivity contribution in [2.75, 3.05) is 0 Å². The first-order valence-electron chi connectivity index (χ1n) is 4.72. The first-order valence-corrected chi connectivity index (χ1v) is 4.72. The van der Waals surface area contributed by atoms with Crippen LogP contribution in [0.2, 0.25) is 0 Å². The van der Waals surface area contributed by atoms with Crippen LogP contribution in [0.3, 0.4) is 0 Å². The number of carboxylic acids is 1. The Bertz CT molecular complexity index is 584. The Labute approximate surface area is 95.4 Å². The summed E-state index contributed by atoms with van der Waals surface area (Å²) in [5.74, 6) is -2.48. The number of rotatable bonds is 2. The van der Waals surface area contributed by atoms with E-state index in [1.165, 1.54) is 18.2 Å². The molecule has 2 rings (SSSR count). The van der Waals surface area contributed by atoms with Crippen LogP contribution in [0, 0.1) is 11.6 Å². The maximum absolute atomic E-state index is 13.0. The Kier molecular flexibility index (Phi) is 2.82. The molecule has 0 amide bonds. The number of aromatic carboxylic acids is 1. The highest BCUT2D eigenvalue weighted by Crippen LogP contribution is 2.23. The molecule has 0 aliphatic heterocycles. The van der Waals surface area contributed by atoms with Gasteiger partial charge in [0.1, 0.15) is 11.6 Å². The van der Waals surface area contributed by atoms with Gasteiger partial charge in [-0.15, -0.1) is 0 Å². The second-order valence-corrected chi connectivity index (χ2v) is 3.37. The Hall–Kier alpha value is -2.30. The first-order chi connectivity index (χ1) is 8.08. The van der Waals surface area contributed by atoms with Gasteiger partial charge in [0.05, 0.1) is 6.20 Å². The molecule has 5 heteroatoms. The molecule has 0 aliphatic rings. The fourth-order valence-corrected chi connectivity index (χ4v) is 1.49. The number of nitrogens with zero attached hydrogens (tertiary/aromatic N) is 1. The van der Waals surface area contributed by atoms with E-state index in [-0.39, 0.29) is 16.8 Å². The first kappa shape index (κ1) is 11.2. The molecule has 17 heavy (non-hydrogen) atoms. The molecule has 3 nitrogen and oxygen atoms in total. The third-order valence-corrected chi connectivity index (χ3v) is 2.19. The van der Waals surface area contributed by atoms with E-state index in [4.69, 9.17) is 5.11 Å². The highest BCUT2D eigenvalue weighted by Gasteiger charge is 2.14. The van der Waals surface area contributed by atoms with Gasteiger partial charge in [-0.1, -0.05) is 12.1 Å². The van der Waals surface area contributed by atoms with E-state index in [0.29, 0.717) is 0 Å². The lowest BCUT2D eigenvalue weighted by molar-refractivity contribution is 0.0691. The van der Waals surface area contributed by atoms with E-state index in [0.717, 1.165) is 18.3 Å². The second kappa shape index (κ2) is 4.29. The largest absolute Gasteiger partial charge is 0.476 e. The van der Waals surface area contributed by atoms with Crippen molar-refractivity contribution in [1.82, 2.24) is 4.98 Å². The van der Waals surface area contributed by atoms with E-state index < -0.39 is 17.6 Å². The van der Waals surface area contributed by atoms with Gasteiger partial charge in [-0.05, 0) is 23.8 Å². The highest BCUT2D eigenvalue weighted by atomic mass is 19.1. The summed E-state index contributed by atoms with van der Waals surface area (Å²) < 4.78 is 26.1. The normalized spacial score (nSPS) is 10.2. The number of hydrogen-bond acceptors (Lipinski definition) is 2. The van der Waals surface area contributed by atoms with Gasteiger partial charge in [-0.2, -0.15) is 0 Å². The molecule has 0 aliphatic carbocycles. The van der Waals surface area contributed by atoms with Crippen molar-refractivity contribution in [2.45, 2.75) is 0 Å². The lowest BCUT2D eigenvalue weighted by Gasteiger charge is -2.05. The summed E-state index contributed by atoms with van der Waals surface area (Å²) in [5.41, 5.74) is 0.0170. The number of carbonyl (C=O) groups is 1. The van der Waals surface area contributed by atoms with E-state index in [2.05, 4.69) is 4.98 Å². The van der Waals surface area contributed by atoms with Crippen LogP contribution in [-0.4, -0.2) is 16.1 Å². The van der Waals surface area contributed by atoms with Crippen molar-refractivity contribution in [2.24, 2.45) is 0 Å². The zero-order valence-electron chi connectivity index (χ0n) is 8.52. The molecule has 0 bridgehead atoms. The van der Waals surface area contributed by atoms with Crippen LogP contribution in [-0.2, 0) is 0 Å². The monoisotopic (exact) mass is 235 g/mol. The van der Waals surface area contributed by atoms with Crippen molar-refractivity contribution >= 4 is 5.97 Å². The van der Waals surface area contributed by atoms with Crippen LogP contribution in [0.5, 0.6) is 0 Å². The summed E-state index contributed by atoms with van der Waals surface area (Å²) in [5, 5.41) is 8.91. The van der Waals surface area contributed by atoms with Crippen molar-refractivity contribution in [3.8, 4) is 11.1 Å². The number of hydrogen-bond donors (Lipinski definition) is 1. The summed E-state index contributed by atoms with van der Waals surface area (Å²) in [7, 11) is 0. The van der Waals surface area contributed by atoms with Gasteiger partial charge < -0.3 is 5.11 Å². The Morgan fingerprint density at radius 2 is 1.94 bits per heavy atom. The standard InChI is InChI=1S/C12H7F2NO2/c13-8-3-1-2-7(4-8)10-5-9(14)6-15-11(10)12(16)17/h1-6H,(H,16,17). The lowest BCUT2D eigenvalue weighted by Crippen LogP contribution is -2.03. The smallest absolute Gasteiger partial charge is 0.355 e. The minimum absolute atomic E-state index is 0.0528. The van der Waals surface area contributed by atoms with Crippen LogP contribution in [0.25, 0.3) is 11.1 Å². The van der Waals surface area contributed by atoms with Crippen molar-refractivity contribution in [3.63, 3.8) is 0 Å². The van der Waals surface area contributed by atoms with Crippen LogP contribution in [0.4, 0.5) is 8.78 Å². The maximum Gasteiger partial charge on any atom is 0.355 e. The zero-order chi connectivity index (χ0) is 12.4. The molecule has 1 N–H and O–H groups in total. The van der Waals surface area contributed by atoms with E-state index >= 15 is 0 Å². The third-order valence-electron chi connectivity index (χ3n) is 2.19. The predicted molar refractivity (Wildman–Crippen MR) is 56.5 cm³/mol. The SMILES string of the molecule is O=C(O)c1ncc(F)cc1-c1cccc(F)c1. The van der Waals surface area contributed by atoms with E-state index in [1.54, 1.807) is 0 Å². The van der Waals surface area contributed by atoms with Gasteiger partial charge in [-0.3, -0.25) is 0 Å². The molecule has 1 aromatic carbocycles. The van der Waals surface area contributed by atoms with Gasteiger partial charge in [0.2, 0.25) is 0 Å². The Morgan fingerprint density at radius 1 is 1.18 bits per heavy atom. The van der Waals surface area contributed by atoms with E-state index in [1.807, 2.05) is 0 Å². The summed E-state index contributed by atoms with van der Waals surface area (Å²) in [6.07, 6.45) is 0.812. The summed E-state index contributed by atoms with van der Waals surface area (Å²) in [6.45, 7) is 0. The predicted octanol–water partition coefficient (Wildman–Crippen LogP) is 2.73. The van der Waals surface area contributed by atoms with Gasteiger partial charge >= 0.3 is 5.97 Å². The van der Waals surface area contributed by atoms with Gasteiger partial charge in [0.15, 0.2) is 5.69 Å². The molecular weight excluding hydrogens is 228 g/mol. The summed E-state index contributed by atoms with van der Waals surface area (Å²) >= 11 is 0. The van der Waals surface area contributed by atoms with Crippen molar-refractivity contribution in [3.05, 3.63) is 53.9 Å². The minimum Gasteiger partial charge on any atom is -0.476 e. The molecule has 0 fully saturated rings. The minimum atomic E-state index is -1.29. The molecule has 1 heterocycles. The molecule has 0 saturated heterocycles. The third kappa shape index (κ3) is 2.28. The number of benzene rings is 1. The van der Waals surface area contributed by atoms with E-state index in [9.17, 15) is 13.6 Å². The Morgan fingerprint density at radius 3 is 2.59 bits per heavy atom. The number of halogens is 2. The van der Waals surface area contributed by atoms with Crippen LogP contribution in [0.15, 0.2) is 36.5 Å². The van der Waals surface area contributed by atoms with Crippen molar-refractivity contribution < 1.29 is 18.7 Å². The zero-order valence-corrected chi connectivity index (χ0v) is 8.52. The topological polar surface area (TPSA) is 50.2 Å². The average molecular weight is 235 g/mol. The molecule has 86 valence electrons. The number of carboxylic acid groups (broad SMARTS) is 1.